The minimum Gasteiger partial charge on any atom is -0.354 e. The molecule has 0 unspecified atom stereocenters. The molecule has 4 heterocycles. The van der Waals surface area contributed by atoms with Crippen LogP contribution in [0.1, 0.15) is 31.9 Å². The number of nitrogens with zero attached hydrogens (tertiary/aromatic N) is 4. The third kappa shape index (κ3) is 4.62. The number of pyridine rings is 1. The summed E-state index contributed by atoms with van der Waals surface area (Å²) in [7, 11) is 0. The van der Waals surface area contributed by atoms with Crippen LogP contribution in [-0.4, -0.2) is 24.1 Å². The standard InChI is InChI=1S/C47H37N5/c1-29-19-24-40-38(26-29)34-22-20-30(27-42(34)52(40)43-18-8-9-25-48-43)33-14-11-17-41-45(33)50-46(51(41)32-12-6-5-7-13-32)36-16-10-15-35-37-28-31(47(2,3)4)21-23-39(37)49-44(35)36/h5-28,49H,1-4H3. The molecular formula is C47H37N5. The number of imidazole rings is 1. The molecule has 0 aliphatic heterocycles. The fourth-order valence-electron chi connectivity index (χ4n) is 7.96. The van der Waals surface area contributed by atoms with Crippen LogP contribution in [0.25, 0.3) is 88.7 Å². The van der Waals surface area contributed by atoms with Crippen molar-refractivity contribution in [1.29, 1.82) is 0 Å². The molecule has 0 bridgehead atoms. The maximum absolute atomic E-state index is 5.55. The van der Waals surface area contributed by atoms with Crippen LogP contribution in [0.2, 0.25) is 0 Å². The van der Waals surface area contributed by atoms with E-state index in [1.165, 1.54) is 32.7 Å². The molecule has 10 rings (SSSR count). The van der Waals surface area contributed by atoms with Gasteiger partial charge in [0.2, 0.25) is 0 Å². The van der Waals surface area contributed by atoms with Crippen molar-refractivity contribution >= 4 is 54.6 Å². The van der Waals surface area contributed by atoms with Crippen LogP contribution < -0.4 is 0 Å². The quantitative estimate of drug-likeness (QED) is 0.202. The Labute approximate surface area is 301 Å². The molecule has 5 nitrogen and oxygen atoms in total. The first-order valence-electron chi connectivity index (χ1n) is 17.9. The summed E-state index contributed by atoms with van der Waals surface area (Å²) >= 11 is 0. The van der Waals surface area contributed by atoms with Gasteiger partial charge in [-0.1, -0.05) is 99.1 Å². The van der Waals surface area contributed by atoms with Crippen molar-refractivity contribution in [1.82, 2.24) is 24.1 Å². The Hall–Kier alpha value is -6.46. The third-order valence-electron chi connectivity index (χ3n) is 10.6. The van der Waals surface area contributed by atoms with Gasteiger partial charge in [-0.15, -0.1) is 0 Å². The van der Waals surface area contributed by atoms with Crippen molar-refractivity contribution in [3.8, 4) is 34.0 Å². The van der Waals surface area contributed by atoms with Crippen molar-refractivity contribution in [2.75, 3.05) is 0 Å². The van der Waals surface area contributed by atoms with Crippen LogP contribution in [0.3, 0.4) is 0 Å². The van der Waals surface area contributed by atoms with E-state index in [4.69, 9.17) is 9.97 Å². The summed E-state index contributed by atoms with van der Waals surface area (Å²) in [6.07, 6.45) is 1.86. The summed E-state index contributed by atoms with van der Waals surface area (Å²) in [4.78, 5) is 14.1. The van der Waals surface area contributed by atoms with Crippen LogP contribution in [0.5, 0.6) is 0 Å². The van der Waals surface area contributed by atoms with Gasteiger partial charge in [0.15, 0.2) is 0 Å². The summed E-state index contributed by atoms with van der Waals surface area (Å²) in [6, 6.07) is 50.1. The third-order valence-corrected chi connectivity index (χ3v) is 10.6. The lowest BCUT2D eigenvalue weighted by atomic mass is 9.86. The Balaban J connectivity index is 1.24. The first kappa shape index (κ1) is 30.4. The summed E-state index contributed by atoms with van der Waals surface area (Å²) in [5.74, 6) is 1.81. The number of H-pyrrole nitrogens is 1. The molecule has 0 fully saturated rings. The zero-order valence-electron chi connectivity index (χ0n) is 29.6. The first-order chi connectivity index (χ1) is 25.3. The van der Waals surface area contributed by atoms with Crippen molar-refractivity contribution in [3.63, 3.8) is 0 Å². The minimum absolute atomic E-state index is 0.0566. The van der Waals surface area contributed by atoms with E-state index in [-0.39, 0.29) is 5.41 Å². The average Bonchev–Trinajstić information content (AvgIpc) is 3.84. The van der Waals surface area contributed by atoms with Crippen molar-refractivity contribution in [3.05, 3.63) is 157 Å². The smallest absolute Gasteiger partial charge is 0.147 e. The topological polar surface area (TPSA) is 51.4 Å². The Morgan fingerprint density at radius 3 is 2.23 bits per heavy atom. The molecule has 5 heteroatoms. The van der Waals surface area contributed by atoms with E-state index in [1.807, 2.05) is 18.3 Å². The molecule has 0 saturated heterocycles. The fraction of sp³-hybridized carbons (Fsp3) is 0.106. The van der Waals surface area contributed by atoms with Crippen LogP contribution in [0.15, 0.2) is 146 Å². The van der Waals surface area contributed by atoms with Gasteiger partial charge < -0.3 is 4.98 Å². The van der Waals surface area contributed by atoms with Crippen molar-refractivity contribution < 1.29 is 0 Å². The number of fused-ring (bicyclic) bond motifs is 7. The normalized spacial score (nSPS) is 12.2. The molecule has 0 aliphatic carbocycles. The highest BCUT2D eigenvalue weighted by atomic mass is 15.1. The van der Waals surface area contributed by atoms with Crippen molar-refractivity contribution in [2.45, 2.75) is 33.1 Å². The lowest BCUT2D eigenvalue weighted by molar-refractivity contribution is 0.591. The summed E-state index contributed by atoms with van der Waals surface area (Å²) in [6.45, 7) is 8.96. The van der Waals surface area contributed by atoms with Crippen LogP contribution in [-0.2, 0) is 5.41 Å². The van der Waals surface area contributed by atoms with E-state index in [0.29, 0.717) is 0 Å². The van der Waals surface area contributed by atoms with Gasteiger partial charge in [-0.25, -0.2) is 9.97 Å². The molecule has 10 aromatic rings. The second-order valence-corrected chi connectivity index (χ2v) is 14.9. The number of aromatic amines is 1. The molecule has 52 heavy (non-hydrogen) atoms. The molecule has 6 aromatic carbocycles. The predicted molar refractivity (Wildman–Crippen MR) is 217 cm³/mol. The van der Waals surface area contributed by atoms with E-state index >= 15 is 0 Å². The zero-order valence-corrected chi connectivity index (χ0v) is 29.6. The lowest BCUT2D eigenvalue weighted by Gasteiger charge is -2.18. The average molecular weight is 672 g/mol. The Bertz CT molecular complexity index is 2990. The zero-order chi connectivity index (χ0) is 35.1. The molecule has 0 atom stereocenters. The molecule has 0 radical (unpaired) electrons. The molecule has 0 aliphatic rings. The molecular weight excluding hydrogens is 635 g/mol. The second kappa shape index (κ2) is 11.3. The molecule has 0 spiro atoms. The number of nitrogens with one attached hydrogen (secondary N) is 1. The van der Waals surface area contributed by atoms with Crippen LogP contribution >= 0.6 is 0 Å². The van der Waals surface area contributed by atoms with Gasteiger partial charge >= 0.3 is 0 Å². The number of aromatic nitrogens is 5. The van der Waals surface area contributed by atoms with E-state index in [0.717, 1.165) is 67.1 Å². The first-order valence-corrected chi connectivity index (χ1v) is 17.9. The maximum Gasteiger partial charge on any atom is 0.147 e. The van der Waals surface area contributed by atoms with Gasteiger partial charge in [0.05, 0.1) is 27.6 Å². The molecule has 0 saturated carbocycles. The highest BCUT2D eigenvalue weighted by Crippen LogP contribution is 2.41. The molecule has 1 N–H and O–H groups in total. The molecule has 0 amide bonds. The van der Waals surface area contributed by atoms with E-state index in [9.17, 15) is 0 Å². The Morgan fingerprint density at radius 2 is 1.40 bits per heavy atom. The SMILES string of the molecule is Cc1ccc2c(c1)c1ccc(-c3cccc4c3nc(-c3cccc5c3[nH]c3ccc(C(C)(C)C)cc35)n4-c3ccccc3)cc1n2-c1ccccn1. The number of rotatable bonds is 4. The highest BCUT2D eigenvalue weighted by molar-refractivity contribution is 6.13. The maximum atomic E-state index is 5.55. The van der Waals surface area contributed by atoms with E-state index in [2.05, 4.69) is 169 Å². The van der Waals surface area contributed by atoms with E-state index in [1.54, 1.807) is 0 Å². The van der Waals surface area contributed by atoms with Gasteiger partial charge in [0.25, 0.3) is 0 Å². The molecule has 250 valence electrons. The number of hydrogen-bond donors (Lipinski definition) is 1. The summed E-state index contributed by atoms with van der Waals surface area (Å²) in [5, 5.41) is 4.87. The Morgan fingerprint density at radius 1 is 0.577 bits per heavy atom. The van der Waals surface area contributed by atoms with Gasteiger partial charge in [-0.05, 0) is 90.2 Å². The van der Waals surface area contributed by atoms with Crippen LogP contribution in [0, 0.1) is 6.92 Å². The number of benzene rings is 6. The van der Waals surface area contributed by atoms with E-state index < -0.39 is 0 Å². The Kier molecular flexibility index (Phi) is 6.58. The van der Waals surface area contributed by atoms with Gasteiger partial charge in [-0.3, -0.25) is 9.13 Å². The lowest BCUT2D eigenvalue weighted by Crippen LogP contribution is -2.10. The number of hydrogen-bond acceptors (Lipinski definition) is 2. The molecule has 4 aromatic heterocycles. The van der Waals surface area contributed by atoms with Crippen LogP contribution in [0.4, 0.5) is 0 Å². The second-order valence-electron chi connectivity index (χ2n) is 14.9. The number of aryl methyl sites for hydroxylation is 1. The minimum atomic E-state index is 0.0566. The van der Waals surface area contributed by atoms with Crippen molar-refractivity contribution in [2.24, 2.45) is 0 Å². The number of para-hydroxylation sites is 3. The largest absolute Gasteiger partial charge is 0.354 e. The van der Waals surface area contributed by atoms with Gasteiger partial charge in [-0.2, -0.15) is 0 Å². The summed E-state index contributed by atoms with van der Waals surface area (Å²) in [5.41, 5.74) is 13.4. The predicted octanol–water partition coefficient (Wildman–Crippen LogP) is 12.1. The monoisotopic (exact) mass is 671 g/mol. The van der Waals surface area contributed by atoms with Gasteiger partial charge in [0.1, 0.15) is 11.6 Å². The summed E-state index contributed by atoms with van der Waals surface area (Å²) < 4.78 is 4.59. The fourth-order valence-corrected chi connectivity index (χ4v) is 7.96. The highest BCUT2D eigenvalue weighted by Gasteiger charge is 2.22. The van der Waals surface area contributed by atoms with Gasteiger partial charge in [0, 0.05) is 50.1 Å².